The van der Waals surface area contributed by atoms with Crippen molar-refractivity contribution < 1.29 is 0 Å². The van der Waals surface area contributed by atoms with E-state index >= 15 is 0 Å². The molecule has 1 saturated carbocycles. The Hall–Kier alpha value is -1.88. The summed E-state index contributed by atoms with van der Waals surface area (Å²) in [6, 6.07) is 10.4. The van der Waals surface area contributed by atoms with E-state index in [4.69, 9.17) is 0 Å². The molecule has 4 nitrogen and oxygen atoms in total. The fraction of sp³-hybridized carbons (Fsp3) is 0.267. The molecule has 1 aliphatic heterocycles. The van der Waals surface area contributed by atoms with E-state index in [0.29, 0.717) is 5.92 Å². The quantitative estimate of drug-likeness (QED) is 0.898. The van der Waals surface area contributed by atoms with Crippen molar-refractivity contribution in [3.05, 3.63) is 52.8 Å². The number of rotatable bonds is 3. The van der Waals surface area contributed by atoms with Crippen molar-refractivity contribution in [2.75, 3.05) is 0 Å². The number of hydrazine groups is 1. The molecule has 0 spiro atoms. The molecule has 1 aromatic carbocycles. The Morgan fingerprint density at radius 2 is 2.05 bits per heavy atom. The highest BCUT2D eigenvalue weighted by Gasteiger charge is 2.29. The van der Waals surface area contributed by atoms with Gasteiger partial charge in [-0.2, -0.15) is 0 Å². The lowest BCUT2D eigenvalue weighted by Gasteiger charge is -2.13. The first-order valence-electron chi connectivity index (χ1n) is 6.87. The third-order valence-corrected chi connectivity index (χ3v) is 4.65. The number of aryl methyl sites for hydroxylation is 1. The van der Waals surface area contributed by atoms with E-state index in [0.717, 1.165) is 5.49 Å². The molecule has 102 valence electrons. The summed E-state index contributed by atoms with van der Waals surface area (Å²) in [7, 11) is 0. The molecule has 4 rings (SSSR count). The zero-order chi connectivity index (χ0) is 13.5. The van der Waals surface area contributed by atoms with Crippen molar-refractivity contribution in [2.45, 2.75) is 24.7 Å². The average Bonchev–Trinajstić information content (AvgIpc) is 3.27. The second-order valence-corrected chi connectivity index (χ2v) is 6.32. The minimum atomic E-state index is 0.674. The third-order valence-electron chi connectivity index (χ3n) is 3.69. The van der Waals surface area contributed by atoms with E-state index in [2.05, 4.69) is 57.4 Å². The summed E-state index contributed by atoms with van der Waals surface area (Å²) in [6.07, 6.45) is 4.72. The van der Waals surface area contributed by atoms with Gasteiger partial charge in [-0.1, -0.05) is 18.2 Å². The Morgan fingerprint density at radius 1 is 1.25 bits per heavy atom. The monoisotopic (exact) mass is 284 g/mol. The highest BCUT2D eigenvalue weighted by molar-refractivity contribution is 7.97. The molecule has 0 amide bonds. The van der Waals surface area contributed by atoms with E-state index in [1.165, 1.54) is 34.2 Å². The maximum absolute atomic E-state index is 4.43. The van der Waals surface area contributed by atoms with Gasteiger partial charge in [-0.05, 0) is 49.4 Å². The first-order chi connectivity index (χ1) is 9.83. The predicted molar refractivity (Wildman–Crippen MR) is 80.1 cm³/mol. The summed E-state index contributed by atoms with van der Waals surface area (Å²) < 4.78 is 2.15. The number of hydrogen-bond donors (Lipinski definition) is 2. The lowest BCUT2D eigenvalue weighted by atomic mass is 10.2. The van der Waals surface area contributed by atoms with Crippen LogP contribution in [0.5, 0.6) is 0 Å². The summed E-state index contributed by atoms with van der Waals surface area (Å²) >= 11 is 1.70. The molecule has 0 saturated heterocycles. The van der Waals surface area contributed by atoms with Crippen LogP contribution < -0.4 is 21.7 Å². The van der Waals surface area contributed by atoms with Crippen molar-refractivity contribution in [3.63, 3.8) is 0 Å². The van der Waals surface area contributed by atoms with Gasteiger partial charge in [-0.25, -0.2) is 5.53 Å². The van der Waals surface area contributed by atoms with Crippen LogP contribution >= 0.6 is 11.9 Å². The number of nitrogens with one attached hydrogen (secondary N) is 2. The maximum Gasteiger partial charge on any atom is 0.174 e. The molecule has 1 aliphatic carbocycles. The van der Waals surface area contributed by atoms with Gasteiger partial charge in [0.1, 0.15) is 0 Å². The van der Waals surface area contributed by atoms with Crippen molar-refractivity contribution >= 4 is 17.6 Å². The molecule has 0 bridgehead atoms. The van der Waals surface area contributed by atoms with E-state index in [9.17, 15) is 0 Å². The van der Waals surface area contributed by atoms with Crippen LogP contribution in [-0.4, -0.2) is 3.97 Å². The zero-order valence-electron chi connectivity index (χ0n) is 11.3. The summed E-state index contributed by atoms with van der Waals surface area (Å²) in [5, 5.41) is 5.70. The van der Waals surface area contributed by atoms with Crippen LogP contribution in [0.3, 0.4) is 0 Å². The van der Waals surface area contributed by atoms with Crippen LogP contribution in [0.4, 0.5) is 0 Å². The van der Waals surface area contributed by atoms with Gasteiger partial charge in [0, 0.05) is 27.9 Å². The van der Waals surface area contributed by atoms with Crippen LogP contribution in [0.15, 0.2) is 46.5 Å². The highest BCUT2D eigenvalue weighted by atomic mass is 32.2. The largest absolute Gasteiger partial charge is 0.288 e. The smallest absolute Gasteiger partial charge is 0.174 e. The molecule has 0 unspecified atom stereocenters. The normalized spacial score (nSPS) is 16.9. The molecule has 0 atom stereocenters. The van der Waals surface area contributed by atoms with Crippen LogP contribution in [0.25, 0.3) is 5.70 Å². The fourth-order valence-corrected chi connectivity index (χ4v) is 3.51. The van der Waals surface area contributed by atoms with Gasteiger partial charge in [0.05, 0.1) is 0 Å². The second kappa shape index (κ2) is 4.59. The summed E-state index contributed by atoms with van der Waals surface area (Å²) in [5.41, 5.74) is 9.79. The summed E-state index contributed by atoms with van der Waals surface area (Å²) in [6.45, 7) is 2.16. The van der Waals surface area contributed by atoms with Gasteiger partial charge in [-0.15, -0.1) is 5.10 Å². The summed E-state index contributed by atoms with van der Waals surface area (Å²) in [4.78, 5) is 1.21. The number of benzene rings is 1. The second-order valence-electron chi connectivity index (χ2n) is 5.28. The van der Waals surface area contributed by atoms with E-state index < -0.39 is 0 Å². The molecule has 1 fully saturated rings. The molecule has 20 heavy (non-hydrogen) atoms. The first-order valence-corrected chi connectivity index (χ1v) is 7.64. The molecular weight excluding hydrogens is 268 g/mol. The number of aromatic nitrogens is 1. The highest BCUT2D eigenvalue weighted by Crippen LogP contribution is 2.35. The molecular formula is C15H16N4S. The standard InChI is InChI=1S/C15H16N4S/c1-10-9-19(20-12-5-3-2-4-6-12)15-13(10)14(11-7-8-11)16-18-17-15/h2-6,9,11,16,18H,7-8H2,1H3. The Kier molecular flexibility index (Phi) is 2.73. The van der Waals surface area contributed by atoms with Gasteiger partial charge < -0.3 is 0 Å². The topological polar surface area (TPSA) is 41.4 Å². The van der Waals surface area contributed by atoms with E-state index in [1.807, 2.05) is 6.07 Å². The van der Waals surface area contributed by atoms with Crippen molar-refractivity contribution in [2.24, 2.45) is 11.0 Å². The van der Waals surface area contributed by atoms with Crippen molar-refractivity contribution in [3.8, 4) is 0 Å². The predicted octanol–water partition coefficient (Wildman–Crippen LogP) is 1.51. The molecule has 2 aromatic rings. The number of nitrogens with zero attached hydrogens (tertiary/aromatic N) is 2. The molecule has 2 N–H and O–H groups in total. The van der Waals surface area contributed by atoms with Gasteiger partial charge in [-0.3, -0.25) is 9.40 Å². The van der Waals surface area contributed by atoms with Gasteiger partial charge in [0.2, 0.25) is 0 Å². The lowest BCUT2D eigenvalue weighted by Crippen LogP contribution is -2.45. The average molecular weight is 284 g/mol. The first kappa shape index (κ1) is 11.9. The minimum Gasteiger partial charge on any atom is -0.288 e. The van der Waals surface area contributed by atoms with Gasteiger partial charge in [0.15, 0.2) is 5.49 Å². The third kappa shape index (κ3) is 1.98. The summed E-state index contributed by atoms with van der Waals surface area (Å²) in [5.74, 6) is 0.674. The number of hydrogen-bond acceptors (Lipinski definition) is 4. The molecule has 2 heterocycles. The Morgan fingerprint density at radius 3 is 2.80 bits per heavy atom. The Labute approximate surface area is 121 Å². The molecule has 0 radical (unpaired) electrons. The fourth-order valence-electron chi connectivity index (χ4n) is 2.57. The zero-order valence-corrected chi connectivity index (χ0v) is 12.1. The minimum absolute atomic E-state index is 0.674. The molecule has 2 aliphatic rings. The van der Waals surface area contributed by atoms with Crippen LogP contribution in [0.1, 0.15) is 18.4 Å². The van der Waals surface area contributed by atoms with Crippen LogP contribution in [-0.2, 0) is 0 Å². The van der Waals surface area contributed by atoms with Crippen molar-refractivity contribution in [1.82, 2.24) is 14.9 Å². The van der Waals surface area contributed by atoms with Gasteiger partial charge in [0.25, 0.3) is 0 Å². The van der Waals surface area contributed by atoms with E-state index in [-0.39, 0.29) is 0 Å². The molecule has 5 heteroatoms. The van der Waals surface area contributed by atoms with Crippen molar-refractivity contribution in [1.29, 1.82) is 0 Å². The Balaban J connectivity index is 1.84. The SMILES string of the molecule is Cc1cn(Sc2ccccc2)c2c1=C(C1CC1)NNN=2. The molecule has 1 aromatic heterocycles. The lowest BCUT2D eigenvalue weighted by molar-refractivity contribution is 0.613. The van der Waals surface area contributed by atoms with Gasteiger partial charge >= 0.3 is 0 Å². The maximum atomic E-state index is 4.43. The Bertz CT molecular complexity index is 759. The van der Waals surface area contributed by atoms with E-state index in [1.54, 1.807) is 11.9 Å². The van der Waals surface area contributed by atoms with Crippen LogP contribution in [0.2, 0.25) is 0 Å². The number of fused-ring (bicyclic) bond motifs is 1. The van der Waals surface area contributed by atoms with Crippen LogP contribution in [0, 0.1) is 12.8 Å².